The van der Waals surface area contributed by atoms with Crippen molar-refractivity contribution in [2.24, 2.45) is 0 Å². The molecule has 0 radical (unpaired) electrons. The Morgan fingerprint density at radius 1 is 1.36 bits per heavy atom. The van der Waals surface area contributed by atoms with E-state index < -0.39 is 0 Å². The minimum Gasteiger partial charge on any atom is -0.374 e. The van der Waals surface area contributed by atoms with Crippen molar-refractivity contribution in [3.8, 4) is 0 Å². The SMILES string of the molecule is CCCCN1C=CC=CC1.Cl. The first-order valence-electron chi connectivity index (χ1n) is 4.01. The number of unbranched alkanes of at least 4 members (excludes halogenated alkanes) is 1. The molecule has 0 spiro atoms. The Labute approximate surface area is 75.2 Å². The Kier molecular flexibility index (Phi) is 6.05. The molecule has 0 aromatic carbocycles. The third kappa shape index (κ3) is 4.10. The normalized spacial score (nSPS) is 14.8. The monoisotopic (exact) mass is 173 g/mol. The molecule has 1 nitrogen and oxygen atoms in total. The average molecular weight is 174 g/mol. The van der Waals surface area contributed by atoms with Crippen LogP contribution in [0.5, 0.6) is 0 Å². The van der Waals surface area contributed by atoms with Gasteiger partial charge in [0.05, 0.1) is 0 Å². The molecule has 0 aromatic rings. The van der Waals surface area contributed by atoms with Crippen molar-refractivity contribution in [3.05, 3.63) is 24.4 Å². The van der Waals surface area contributed by atoms with E-state index in [9.17, 15) is 0 Å². The molecule has 0 bridgehead atoms. The minimum atomic E-state index is 0. The fraction of sp³-hybridized carbons (Fsp3) is 0.556. The molecule has 0 aromatic heterocycles. The zero-order valence-corrected chi connectivity index (χ0v) is 7.81. The molecule has 1 heterocycles. The van der Waals surface area contributed by atoms with Crippen LogP contribution in [0.4, 0.5) is 0 Å². The van der Waals surface area contributed by atoms with Gasteiger partial charge in [0, 0.05) is 13.1 Å². The molecule has 2 heteroatoms. The second kappa shape index (κ2) is 6.29. The molecule has 0 atom stereocenters. The molecule has 0 N–H and O–H groups in total. The highest BCUT2D eigenvalue weighted by atomic mass is 35.5. The van der Waals surface area contributed by atoms with Crippen molar-refractivity contribution >= 4 is 12.4 Å². The van der Waals surface area contributed by atoms with Gasteiger partial charge in [0.2, 0.25) is 0 Å². The van der Waals surface area contributed by atoms with Crippen molar-refractivity contribution in [2.75, 3.05) is 13.1 Å². The maximum absolute atomic E-state index is 2.34. The third-order valence-corrected chi connectivity index (χ3v) is 1.68. The predicted molar refractivity (Wildman–Crippen MR) is 52.0 cm³/mol. The first-order valence-corrected chi connectivity index (χ1v) is 4.01. The molecular weight excluding hydrogens is 158 g/mol. The van der Waals surface area contributed by atoms with Gasteiger partial charge in [-0.2, -0.15) is 0 Å². The molecule has 11 heavy (non-hydrogen) atoms. The van der Waals surface area contributed by atoms with Crippen LogP contribution < -0.4 is 0 Å². The third-order valence-electron chi connectivity index (χ3n) is 1.68. The van der Waals surface area contributed by atoms with Crippen molar-refractivity contribution in [3.63, 3.8) is 0 Å². The Morgan fingerprint density at radius 2 is 2.18 bits per heavy atom. The molecule has 0 fully saturated rings. The highest BCUT2D eigenvalue weighted by molar-refractivity contribution is 5.85. The van der Waals surface area contributed by atoms with Gasteiger partial charge in [-0.25, -0.2) is 0 Å². The molecule has 0 unspecified atom stereocenters. The first-order chi connectivity index (χ1) is 4.93. The summed E-state index contributed by atoms with van der Waals surface area (Å²) in [6, 6.07) is 0. The smallest absolute Gasteiger partial charge is 0.0357 e. The second-order valence-electron chi connectivity index (χ2n) is 2.62. The summed E-state index contributed by atoms with van der Waals surface area (Å²) in [5.74, 6) is 0. The zero-order valence-electron chi connectivity index (χ0n) is 6.99. The minimum absolute atomic E-state index is 0. The number of allylic oxidation sites excluding steroid dienone is 2. The molecular formula is C9H16ClN. The molecule has 0 aliphatic carbocycles. The van der Waals surface area contributed by atoms with E-state index in [0.717, 1.165) is 6.54 Å². The number of nitrogens with zero attached hydrogens (tertiary/aromatic N) is 1. The zero-order chi connectivity index (χ0) is 7.23. The molecule has 0 saturated carbocycles. The van der Waals surface area contributed by atoms with Crippen LogP contribution in [0, 0.1) is 0 Å². The molecule has 1 aliphatic rings. The summed E-state index contributed by atoms with van der Waals surface area (Å²) in [5, 5.41) is 0. The summed E-state index contributed by atoms with van der Waals surface area (Å²) >= 11 is 0. The first kappa shape index (κ1) is 10.6. The van der Waals surface area contributed by atoms with Gasteiger partial charge in [-0.1, -0.05) is 25.5 Å². The van der Waals surface area contributed by atoms with Crippen LogP contribution in [0.25, 0.3) is 0 Å². The highest BCUT2D eigenvalue weighted by Crippen LogP contribution is 2.00. The van der Waals surface area contributed by atoms with Gasteiger partial charge in [0.1, 0.15) is 0 Å². The Morgan fingerprint density at radius 3 is 2.73 bits per heavy atom. The number of rotatable bonds is 3. The van der Waals surface area contributed by atoms with E-state index in [1.807, 2.05) is 0 Å². The molecule has 1 rings (SSSR count). The standard InChI is InChI=1S/C9H15N.ClH/c1-2-3-7-10-8-5-4-6-9-10;/h4-6,8H,2-3,7,9H2,1H3;1H. The fourth-order valence-corrected chi connectivity index (χ4v) is 1.03. The Balaban J connectivity index is 0.000001000. The number of hydrogen-bond acceptors (Lipinski definition) is 1. The van der Waals surface area contributed by atoms with Crippen molar-refractivity contribution in [2.45, 2.75) is 19.8 Å². The van der Waals surface area contributed by atoms with Crippen molar-refractivity contribution < 1.29 is 0 Å². The summed E-state index contributed by atoms with van der Waals surface area (Å²) in [6.45, 7) is 4.53. The number of hydrogen-bond donors (Lipinski definition) is 0. The lowest BCUT2D eigenvalue weighted by Gasteiger charge is -2.19. The van der Waals surface area contributed by atoms with E-state index in [1.165, 1.54) is 19.4 Å². The van der Waals surface area contributed by atoms with E-state index in [1.54, 1.807) is 0 Å². The molecule has 0 amide bonds. The van der Waals surface area contributed by atoms with Gasteiger partial charge in [0.15, 0.2) is 0 Å². The van der Waals surface area contributed by atoms with E-state index in [4.69, 9.17) is 0 Å². The van der Waals surface area contributed by atoms with Gasteiger partial charge in [-0.05, 0) is 18.7 Å². The van der Waals surface area contributed by atoms with Crippen LogP contribution in [0.3, 0.4) is 0 Å². The largest absolute Gasteiger partial charge is 0.374 e. The van der Waals surface area contributed by atoms with Crippen LogP contribution in [-0.2, 0) is 0 Å². The maximum Gasteiger partial charge on any atom is 0.0357 e. The topological polar surface area (TPSA) is 3.24 Å². The van der Waals surface area contributed by atoms with Gasteiger partial charge in [-0.3, -0.25) is 0 Å². The lowest BCUT2D eigenvalue weighted by molar-refractivity contribution is 0.401. The van der Waals surface area contributed by atoms with Crippen LogP contribution in [0.15, 0.2) is 24.4 Å². The summed E-state index contributed by atoms with van der Waals surface area (Å²) in [4.78, 5) is 2.34. The van der Waals surface area contributed by atoms with E-state index in [2.05, 4.69) is 36.3 Å². The van der Waals surface area contributed by atoms with Gasteiger partial charge < -0.3 is 4.90 Å². The van der Waals surface area contributed by atoms with E-state index in [0.29, 0.717) is 0 Å². The average Bonchev–Trinajstić information content (AvgIpc) is 2.03. The Hall–Kier alpha value is -0.430. The van der Waals surface area contributed by atoms with Gasteiger partial charge >= 0.3 is 0 Å². The van der Waals surface area contributed by atoms with Crippen LogP contribution in [0.2, 0.25) is 0 Å². The Bertz CT molecular complexity index is 140. The lowest BCUT2D eigenvalue weighted by Crippen LogP contribution is -2.19. The molecule has 64 valence electrons. The lowest BCUT2D eigenvalue weighted by atomic mass is 10.3. The van der Waals surface area contributed by atoms with Crippen LogP contribution in [-0.4, -0.2) is 18.0 Å². The summed E-state index contributed by atoms with van der Waals surface area (Å²) in [5.41, 5.74) is 0. The molecule has 1 aliphatic heterocycles. The summed E-state index contributed by atoms with van der Waals surface area (Å²) in [6.07, 6.45) is 11.1. The predicted octanol–water partition coefficient (Wildman–Crippen LogP) is 2.59. The van der Waals surface area contributed by atoms with E-state index in [-0.39, 0.29) is 12.4 Å². The van der Waals surface area contributed by atoms with Crippen molar-refractivity contribution in [1.82, 2.24) is 4.90 Å². The van der Waals surface area contributed by atoms with Crippen LogP contribution >= 0.6 is 12.4 Å². The second-order valence-corrected chi connectivity index (χ2v) is 2.62. The van der Waals surface area contributed by atoms with Crippen LogP contribution in [0.1, 0.15) is 19.8 Å². The number of halogens is 1. The van der Waals surface area contributed by atoms with Gasteiger partial charge in [-0.15, -0.1) is 12.4 Å². The summed E-state index contributed by atoms with van der Waals surface area (Å²) in [7, 11) is 0. The molecule has 0 saturated heterocycles. The highest BCUT2D eigenvalue weighted by Gasteiger charge is 1.96. The van der Waals surface area contributed by atoms with Crippen molar-refractivity contribution in [1.29, 1.82) is 0 Å². The van der Waals surface area contributed by atoms with E-state index >= 15 is 0 Å². The summed E-state index contributed by atoms with van der Waals surface area (Å²) < 4.78 is 0. The van der Waals surface area contributed by atoms with Gasteiger partial charge in [0.25, 0.3) is 0 Å². The maximum atomic E-state index is 2.34. The fourth-order valence-electron chi connectivity index (χ4n) is 1.03. The quantitative estimate of drug-likeness (QED) is 0.634.